The average Bonchev–Trinajstić information content (AvgIpc) is 3.33. The zero-order valence-corrected chi connectivity index (χ0v) is 21.9. The molecule has 0 spiro atoms. The number of hydrogen-bond acceptors (Lipinski definition) is 9. The van der Waals surface area contributed by atoms with Crippen molar-refractivity contribution < 1.29 is 31.4 Å². The molecule has 2 aromatic rings. The number of nitrogens with zero attached hydrogens (tertiary/aromatic N) is 3. The van der Waals surface area contributed by atoms with Gasteiger partial charge in [-0.3, -0.25) is 14.7 Å². The van der Waals surface area contributed by atoms with Crippen LogP contribution in [0, 0.1) is 5.82 Å². The van der Waals surface area contributed by atoms with Crippen molar-refractivity contribution in [2.75, 3.05) is 33.4 Å². The van der Waals surface area contributed by atoms with E-state index in [9.17, 15) is 19.1 Å². The molecule has 0 radical (unpaired) electrons. The third-order valence-electron chi connectivity index (χ3n) is 5.31. The molecule has 178 valence electrons. The number of aromatic nitrogens is 1. The topological polar surface area (TPSA) is 113 Å². The Hall–Kier alpha value is -1.60. The monoisotopic (exact) mass is 536 g/mol. The number of thiazole rings is 1. The standard InChI is InChI=1S/C21H20ClFN4O5S.Ca.2H/c1-31-21(30)16-14(9-27-5-6-32-10-15(27)20(28)29)25-18(19-24-4-7-33-19)26-17(16)12-3-2-11(23)8-13(12)22;;;/h2-4,7-8,15,17H,5-6,9-10H2,1H3,(H,25,26)(H,28,29);;;/q;+2;2*-1/t15-,17-;;;/m0.../s1. The molecule has 2 N–H and O–H groups in total. The summed E-state index contributed by atoms with van der Waals surface area (Å²) >= 11 is 7.67. The first-order valence-corrected chi connectivity index (χ1v) is 11.2. The third kappa shape index (κ3) is 5.78. The molecule has 1 aromatic heterocycles. The molecular weight excluding hydrogens is 515 g/mol. The Morgan fingerprint density at radius 2 is 2.26 bits per heavy atom. The number of carboxylic acids is 1. The van der Waals surface area contributed by atoms with Gasteiger partial charge in [0, 0.05) is 40.9 Å². The second-order valence-electron chi connectivity index (χ2n) is 7.29. The summed E-state index contributed by atoms with van der Waals surface area (Å²) in [6.45, 7) is 0.814. The second kappa shape index (κ2) is 11.9. The van der Waals surface area contributed by atoms with Crippen LogP contribution in [0.25, 0.3) is 0 Å². The van der Waals surface area contributed by atoms with Crippen LogP contribution >= 0.6 is 22.9 Å². The third-order valence-corrected chi connectivity index (χ3v) is 6.42. The van der Waals surface area contributed by atoms with Crippen molar-refractivity contribution in [1.82, 2.24) is 15.2 Å². The smallest absolute Gasteiger partial charge is 1.00 e. The Kier molecular flexibility index (Phi) is 9.44. The van der Waals surface area contributed by atoms with Gasteiger partial charge in [-0.25, -0.2) is 14.2 Å². The van der Waals surface area contributed by atoms with Crippen LogP contribution in [-0.4, -0.2) is 110 Å². The molecule has 2 aliphatic rings. The van der Waals surface area contributed by atoms with Gasteiger partial charge in [0.25, 0.3) is 0 Å². The number of halogens is 2. The summed E-state index contributed by atoms with van der Waals surface area (Å²) in [6, 6.07) is 2.05. The largest absolute Gasteiger partial charge is 2.00 e. The Bertz CT molecular complexity index is 1140. The molecule has 0 bridgehead atoms. The van der Waals surface area contributed by atoms with Crippen LogP contribution in [0.5, 0.6) is 0 Å². The fourth-order valence-electron chi connectivity index (χ4n) is 3.73. The number of rotatable bonds is 6. The zero-order chi connectivity index (χ0) is 23.5. The van der Waals surface area contributed by atoms with E-state index in [4.69, 9.17) is 21.1 Å². The predicted molar refractivity (Wildman–Crippen MR) is 127 cm³/mol. The van der Waals surface area contributed by atoms with Crippen molar-refractivity contribution >= 4 is 78.5 Å². The second-order valence-corrected chi connectivity index (χ2v) is 8.59. The number of methoxy groups -OCH3 is 1. The van der Waals surface area contributed by atoms with Crippen molar-refractivity contribution in [3.8, 4) is 0 Å². The van der Waals surface area contributed by atoms with Gasteiger partial charge < -0.3 is 22.8 Å². The minimum absolute atomic E-state index is 0. The van der Waals surface area contributed by atoms with Crippen LogP contribution < -0.4 is 5.32 Å². The van der Waals surface area contributed by atoms with Gasteiger partial charge in [-0.1, -0.05) is 17.7 Å². The van der Waals surface area contributed by atoms with Crippen LogP contribution in [0.2, 0.25) is 5.02 Å². The van der Waals surface area contributed by atoms with Gasteiger partial charge in [-0.05, 0) is 12.1 Å². The number of morpholine rings is 1. The Balaban J connectivity index is 0.00000216. The van der Waals surface area contributed by atoms with Crippen molar-refractivity contribution in [1.29, 1.82) is 0 Å². The first-order chi connectivity index (χ1) is 15.9. The maximum absolute atomic E-state index is 13.7. The maximum Gasteiger partial charge on any atom is 2.00 e. The molecule has 34 heavy (non-hydrogen) atoms. The fourth-order valence-corrected chi connectivity index (χ4v) is 4.58. The summed E-state index contributed by atoms with van der Waals surface area (Å²) < 4.78 is 24.1. The summed E-state index contributed by atoms with van der Waals surface area (Å²) in [4.78, 5) is 35.3. The number of aliphatic imine (C=N–C) groups is 1. The normalized spacial score (nSPS) is 20.7. The molecule has 0 aliphatic carbocycles. The molecule has 0 unspecified atom stereocenters. The minimum atomic E-state index is -1.03. The number of aliphatic carboxylic acids is 1. The summed E-state index contributed by atoms with van der Waals surface area (Å²) in [5.41, 5.74) is 0.964. The zero-order valence-electron chi connectivity index (χ0n) is 20.2. The first kappa shape index (κ1) is 27.0. The summed E-state index contributed by atoms with van der Waals surface area (Å²) in [5.74, 6) is -1.83. The van der Waals surface area contributed by atoms with E-state index in [0.29, 0.717) is 35.3 Å². The molecule has 13 heteroatoms. The van der Waals surface area contributed by atoms with E-state index in [1.54, 1.807) is 16.5 Å². The van der Waals surface area contributed by atoms with E-state index < -0.39 is 29.8 Å². The van der Waals surface area contributed by atoms with E-state index in [0.717, 1.165) is 6.07 Å². The molecule has 0 saturated carbocycles. The van der Waals surface area contributed by atoms with E-state index in [1.807, 2.05) is 0 Å². The number of hydrogen-bond donors (Lipinski definition) is 2. The van der Waals surface area contributed by atoms with Crippen molar-refractivity contribution in [3.05, 3.63) is 62.5 Å². The summed E-state index contributed by atoms with van der Waals surface area (Å²) in [5, 5.41) is 15.2. The number of ether oxygens (including phenoxy) is 2. The number of carbonyl (C=O) groups excluding carboxylic acids is 1. The molecule has 1 saturated heterocycles. The van der Waals surface area contributed by atoms with Crippen molar-refractivity contribution in [2.45, 2.75) is 12.1 Å². The molecule has 1 aromatic carbocycles. The van der Waals surface area contributed by atoms with Gasteiger partial charge in [-0.2, -0.15) is 0 Å². The molecule has 9 nitrogen and oxygen atoms in total. The van der Waals surface area contributed by atoms with Crippen LogP contribution in [0.15, 0.2) is 46.0 Å². The minimum Gasteiger partial charge on any atom is -1.00 e. The molecule has 0 amide bonds. The molecule has 4 rings (SSSR count). The Morgan fingerprint density at radius 1 is 1.47 bits per heavy atom. The number of benzene rings is 1. The first-order valence-electron chi connectivity index (χ1n) is 9.94. The Morgan fingerprint density at radius 3 is 2.91 bits per heavy atom. The average molecular weight is 537 g/mol. The summed E-state index contributed by atoms with van der Waals surface area (Å²) in [7, 11) is 1.24. The van der Waals surface area contributed by atoms with E-state index in [1.165, 1.54) is 30.6 Å². The van der Waals surface area contributed by atoms with Gasteiger partial charge in [0.05, 0.1) is 25.9 Å². The number of nitrogens with one attached hydrogen (secondary N) is 1. The fraction of sp³-hybridized carbons (Fsp3) is 0.333. The van der Waals surface area contributed by atoms with Crippen LogP contribution in [0.4, 0.5) is 4.39 Å². The van der Waals surface area contributed by atoms with Gasteiger partial charge >= 0.3 is 49.7 Å². The van der Waals surface area contributed by atoms with Gasteiger partial charge in [-0.15, -0.1) is 11.3 Å². The molecule has 1 fully saturated rings. The van der Waals surface area contributed by atoms with E-state index >= 15 is 0 Å². The SMILES string of the molecule is COC(=O)C1=C(CN2CCOC[C@H]2C(=O)O)NC(c2nccs2)=N[C@H]1c1ccc(F)cc1Cl.[Ca+2].[H-].[H-]. The molecule has 3 heterocycles. The van der Waals surface area contributed by atoms with E-state index in [2.05, 4.69) is 15.3 Å². The number of carbonyl (C=O) groups is 2. The van der Waals surface area contributed by atoms with Crippen LogP contribution in [0.1, 0.15) is 19.5 Å². The van der Waals surface area contributed by atoms with Gasteiger partial charge in [0.1, 0.15) is 17.9 Å². The van der Waals surface area contributed by atoms with Gasteiger partial charge in [0.15, 0.2) is 10.8 Å². The number of amidine groups is 1. The van der Waals surface area contributed by atoms with Crippen molar-refractivity contribution in [2.24, 2.45) is 4.99 Å². The molecule has 2 atom stereocenters. The van der Waals surface area contributed by atoms with Gasteiger partial charge in [0.2, 0.25) is 0 Å². The van der Waals surface area contributed by atoms with E-state index in [-0.39, 0.29) is 64.3 Å². The Labute approximate surface area is 236 Å². The molecular formula is C21H22CaClFN4O5S. The van der Waals surface area contributed by atoms with Crippen molar-refractivity contribution in [3.63, 3.8) is 0 Å². The summed E-state index contributed by atoms with van der Waals surface area (Å²) in [6.07, 6.45) is 1.62. The van der Waals surface area contributed by atoms with Crippen LogP contribution in [0.3, 0.4) is 0 Å². The quantitative estimate of drug-likeness (QED) is 0.426. The maximum atomic E-state index is 13.7. The number of carboxylic acid groups (broad SMARTS) is 1. The molecule has 2 aliphatic heterocycles. The van der Waals surface area contributed by atoms with Crippen LogP contribution in [-0.2, 0) is 19.1 Å². The number of esters is 1. The predicted octanol–water partition coefficient (Wildman–Crippen LogP) is 2.08.